The highest BCUT2D eigenvalue weighted by atomic mass is 16.5. The molecule has 0 aliphatic heterocycles. The van der Waals surface area contributed by atoms with Crippen LogP contribution < -0.4 is 10.5 Å². The summed E-state index contributed by atoms with van der Waals surface area (Å²) < 4.78 is 5.15. The highest BCUT2D eigenvalue weighted by Gasteiger charge is 2.37. The summed E-state index contributed by atoms with van der Waals surface area (Å²) in [6, 6.07) is 3.67. The van der Waals surface area contributed by atoms with E-state index in [-0.39, 0.29) is 5.54 Å². The van der Waals surface area contributed by atoms with Crippen molar-refractivity contribution < 1.29 is 9.84 Å². The Balaban J connectivity index is 2.11. The topological polar surface area (TPSA) is 55.5 Å². The number of benzene rings is 1. The summed E-state index contributed by atoms with van der Waals surface area (Å²) in [4.78, 5) is 0. The number of phenolic OH excluding ortho intramolecular Hbond substituents is 1. The van der Waals surface area contributed by atoms with Crippen molar-refractivity contribution in [2.75, 3.05) is 7.11 Å². The van der Waals surface area contributed by atoms with Gasteiger partial charge in [0, 0.05) is 11.6 Å². The van der Waals surface area contributed by atoms with Crippen molar-refractivity contribution in [3.63, 3.8) is 0 Å². The maximum Gasteiger partial charge on any atom is 0.125 e. The average Bonchev–Trinajstić information content (AvgIpc) is 2.98. The van der Waals surface area contributed by atoms with E-state index in [4.69, 9.17) is 10.5 Å². The van der Waals surface area contributed by atoms with Crippen molar-refractivity contribution in [1.29, 1.82) is 0 Å². The SMILES string of the molecule is COc1cc(O)c(CCC2(N)CC2)cc1C. The van der Waals surface area contributed by atoms with Gasteiger partial charge in [0.1, 0.15) is 11.5 Å². The summed E-state index contributed by atoms with van der Waals surface area (Å²) in [5.74, 6) is 1.04. The summed E-state index contributed by atoms with van der Waals surface area (Å²) in [5, 5.41) is 9.84. The Bertz CT molecular complexity index is 397. The molecule has 1 aliphatic carbocycles. The maximum atomic E-state index is 9.84. The Hall–Kier alpha value is -1.22. The van der Waals surface area contributed by atoms with Crippen LogP contribution in [0.4, 0.5) is 0 Å². The van der Waals surface area contributed by atoms with Gasteiger partial charge in [0.15, 0.2) is 0 Å². The maximum absolute atomic E-state index is 9.84. The second kappa shape index (κ2) is 3.98. The molecule has 1 aromatic carbocycles. The lowest BCUT2D eigenvalue weighted by molar-refractivity contribution is 0.403. The molecule has 0 saturated heterocycles. The molecule has 0 aromatic heterocycles. The normalized spacial score (nSPS) is 17.2. The summed E-state index contributed by atoms with van der Waals surface area (Å²) >= 11 is 0. The first-order valence-corrected chi connectivity index (χ1v) is 5.69. The second-order valence-corrected chi connectivity index (χ2v) is 4.81. The Kier molecular flexibility index (Phi) is 2.80. The van der Waals surface area contributed by atoms with Gasteiger partial charge in [0.2, 0.25) is 0 Å². The van der Waals surface area contributed by atoms with E-state index < -0.39 is 0 Å². The first-order chi connectivity index (χ1) is 7.54. The van der Waals surface area contributed by atoms with Gasteiger partial charge in [-0.15, -0.1) is 0 Å². The quantitative estimate of drug-likeness (QED) is 0.819. The van der Waals surface area contributed by atoms with Gasteiger partial charge in [0.05, 0.1) is 7.11 Å². The molecule has 3 heteroatoms. The van der Waals surface area contributed by atoms with Gasteiger partial charge in [-0.1, -0.05) is 0 Å². The lowest BCUT2D eigenvalue weighted by Crippen LogP contribution is -2.22. The van der Waals surface area contributed by atoms with E-state index in [1.807, 2.05) is 13.0 Å². The van der Waals surface area contributed by atoms with E-state index in [1.165, 1.54) is 0 Å². The van der Waals surface area contributed by atoms with Gasteiger partial charge >= 0.3 is 0 Å². The Morgan fingerprint density at radius 2 is 2.12 bits per heavy atom. The fraction of sp³-hybridized carbons (Fsp3) is 0.538. The second-order valence-electron chi connectivity index (χ2n) is 4.81. The number of rotatable bonds is 4. The molecule has 0 radical (unpaired) electrons. The number of methoxy groups -OCH3 is 1. The van der Waals surface area contributed by atoms with Gasteiger partial charge in [-0.3, -0.25) is 0 Å². The first kappa shape index (κ1) is 11.3. The lowest BCUT2D eigenvalue weighted by Gasteiger charge is -2.12. The van der Waals surface area contributed by atoms with E-state index in [9.17, 15) is 5.11 Å². The monoisotopic (exact) mass is 221 g/mol. The predicted octanol–water partition coefficient (Wildman–Crippen LogP) is 2.13. The van der Waals surface area contributed by atoms with Crippen molar-refractivity contribution in [1.82, 2.24) is 0 Å². The molecule has 1 aliphatic rings. The zero-order valence-corrected chi connectivity index (χ0v) is 9.92. The fourth-order valence-corrected chi connectivity index (χ4v) is 1.95. The molecule has 0 unspecified atom stereocenters. The molecule has 3 N–H and O–H groups in total. The van der Waals surface area contributed by atoms with Crippen LogP contribution in [0.3, 0.4) is 0 Å². The molecule has 0 atom stereocenters. The number of hydrogen-bond donors (Lipinski definition) is 2. The number of aromatic hydroxyl groups is 1. The number of aryl methyl sites for hydroxylation is 2. The molecule has 2 rings (SSSR count). The molecule has 3 nitrogen and oxygen atoms in total. The molecule has 16 heavy (non-hydrogen) atoms. The number of hydrogen-bond acceptors (Lipinski definition) is 3. The van der Waals surface area contributed by atoms with Gasteiger partial charge in [-0.2, -0.15) is 0 Å². The molecule has 88 valence electrons. The van der Waals surface area contributed by atoms with Crippen molar-refractivity contribution in [3.05, 3.63) is 23.3 Å². The first-order valence-electron chi connectivity index (χ1n) is 5.69. The number of nitrogens with two attached hydrogens (primary N) is 1. The van der Waals surface area contributed by atoms with E-state index in [0.29, 0.717) is 5.75 Å². The summed E-state index contributed by atoms with van der Waals surface area (Å²) in [6.45, 7) is 1.98. The van der Waals surface area contributed by atoms with Crippen LogP contribution in [-0.4, -0.2) is 17.8 Å². The van der Waals surface area contributed by atoms with Crippen LogP contribution in [0.2, 0.25) is 0 Å². The minimum atomic E-state index is 0.0419. The largest absolute Gasteiger partial charge is 0.508 e. The average molecular weight is 221 g/mol. The predicted molar refractivity (Wildman–Crippen MR) is 63.9 cm³/mol. The molecule has 0 heterocycles. The van der Waals surface area contributed by atoms with E-state index in [0.717, 1.165) is 42.6 Å². The third-order valence-electron chi connectivity index (χ3n) is 3.38. The van der Waals surface area contributed by atoms with Crippen LogP contribution in [0.15, 0.2) is 12.1 Å². The van der Waals surface area contributed by atoms with Gasteiger partial charge in [-0.05, 0) is 49.8 Å². The van der Waals surface area contributed by atoms with Crippen LogP contribution in [0.25, 0.3) is 0 Å². The van der Waals surface area contributed by atoms with Crippen LogP contribution >= 0.6 is 0 Å². The third kappa shape index (κ3) is 2.30. The molecule has 1 fully saturated rings. The lowest BCUT2D eigenvalue weighted by atomic mass is 10.0. The van der Waals surface area contributed by atoms with E-state index in [1.54, 1.807) is 13.2 Å². The molecule has 0 amide bonds. The molecular weight excluding hydrogens is 202 g/mol. The van der Waals surface area contributed by atoms with E-state index in [2.05, 4.69) is 0 Å². The summed E-state index contributed by atoms with van der Waals surface area (Å²) in [7, 11) is 1.61. The van der Waals surface area contributed by atoms with E-state index >= 15 is 0 Å². The Morgan fingerprint density at radius 3 is 2.69 bits per heavy atom. The molecule has 1 aromatic rings. The van der Waals surface area contributed by atoms with Crippen molar-refractivity contribution in [2.45, 2.75) is 38.1 Å². The van der Waals surface area contributed by atoms with Crippen molar-refractivity contribution in [3.8, 4) is 11.5 Å². The van der Waals surface area contributed by atoms with Crippen LogP contribution in [0.1, 0.15) is 30.4 Å². The highest BCUT2D eigenvalue weighted by molar-refractivity contribution is 5.45. The molecule has 1 saturated carbocycles. The third-order valence-corrected chi connectivity index (χ3v) is 3.38. The Labute approximate surface area is 96.2 Å². The standard InChI is InChI=1S/C13H19NO2/c1-9-7-10(3-4-13(14)5-6-13)11(15)8-12(9)16-2/h7-8,15H,3-6,14H2,1-2H3. The number of phenols is 1. The number of ether oxygens (including phenoxy) is 1. The highest BCUT2D eigenvalue weighted by Crippen LogP contribution is 2.38. The van der Waals surface area contributed by atoms with Crippen LogP contribution in [0.5, 0.6) is 11.5 Å². The zero-order chi connectivity index (χ0) is 11.8. The minimum Gasteiger partial charge on any atom is -0.508 e. The van der Waals surface area contributed by atoms with Crippen molar-refractivity contribution >= 4 is 0 Å². The minimum absolute atomic E-state index is 0.0419. The Morgan fingerprint density at radius 1 is 1.44 bits per heavy atom. The van der Waals surface area contributed by atoms with Crippen molar-refractivity contribution in [2.24, 2.45) is 5.73 Å². The van der Waals surface area contributed by atoms with Crippen LogP contribution in [-0.2, 0) is 6.42 Å². The van der Waals surface area contributed by atoms with Crippen LogP contribution in [0, 0.1) is 6.92 Å². The smallest absolute Gasteiger partial charge is 0.125 e. The fourth-order valence-electron chi connectivity index (χ4n) is 1.95. The summed E-state index contributed by atoms with van der Waals surface area (Å²) in [5.41, 5.74) is 8.09. The molecule has 0 bridgehead atoms. The molecule has 0 spiro atoms. The molecular formula is C13H19NO2. The zero-order valence-electron chi connectivity index (χ0n) is 9.92. The van der Waals surface area contributed by atoms with Gasteiger partial charge in [0.25, 0.3) is 0 Å². The van der Waals surface area contributed by atoms with Gasteiger partial charge < -0.3 is 15.6 Å². The van der Waals surface area contributed by atoms with Gasteiger partial charge in [-0.25, -0.2) is 0 Å². The summed E-state index contributed by atoms with van der Waals surface area (Å²) in [6.07, 6.45) is 4.02.